The maximum atomic E-state index is 13.3. The third-order valence-corrected chi connectivity index (χ3v) is 13.9. The summed E-state index contributed by atoms with van der Waals surface area (Å²) >= 11 is 7.44. The first kappa shape index (κ1) is 43.6. The van der Waals surface area contributed by atoms with Crippen LogP contribution in [0, 0.1) is 23.7 Å². The van der Waals surface area contributed by atoms with Crippen molar-refractivity contribution in [1.82, 2.24) is 0 Å². The van der Waals surface area contributed by atoms with E-state index in [1.54, 1.807) is 50.4 Å². The molecule has 0 radical (unpaired) electrons. The van der Waals surface area contributed by atoms with Crippen molar-refractivity contribution in [3.05, 3.63) is 68.0 Å². The van der Waals surface area contributed by atoms with Crippen LogP contribution in [0.25, 0.3) is 40.4 Å². The van der Waals surface area contributed by atoms with Gasteiger partial charge in [-0.05, 0) is 102 Å². The Morgan fingerprint density at radius 2 is 0.877 bits per heavy atom. The molecule has 0 fully saturated rings. The minimum absolute atomic E-state index is 0.171. The lowest BCUT2D eigenvalue weighted by molar-refractivity contribution is -0.144. The Kier molecular flexibility index (Phi) is 17.2. The van der Waals surface area contributed by atoms with Crippen molar-refractivity contribution in [2.45, 2.75) is 79.1 Å². The summed E-state index contributed by atoms with van der Waals surface area (Å²) in [6.07, 6.45) is 5.34. The zero-order chi connectivity index (χ0) is 40.6. The van der Waals surface area contributed by atoms with E-state index < -0.39 is 0 Å². The number of thiophene rings is 5. The van der Waals surface area contributed by atoms with Crippen LogP contribution in [0.2, 0.25) is 0 Å². The highest BCUT2D eigenvalue weighted by atomic mass is 32.1. The molecular weight excluding hydrogens is 817 g/mol. The highest BCUT2D eigenvalue weighted by Gasteiger charge is 2.25. The van der Waals surface area contributed by atoms with Gasteiger partial charge in [-0.2, -0.15) is 0 Å². The molecule has 0 bridgehead atoms. The molecule has 0 N–H and O–H groups in total. The predicted octanol–water partition coefficient (Wildman–Crippen LogP) is 12.0. The van der Waals surface area contributed by atoms with E-state index in [9.17, 15) is 19.2 Å². The Morgan fingerprint density at radius 3 is 1.28 bits per heavy atom. The summed E-state index contributed by atoms with van der Waals surface area (Å²) in [6.45, 7) is 8.51. The zero-order valence-electron chi connectivity index (χ0n) is 32.4. The third-order valence-electron chi connectivity index (χ3n) is 8.12. The van der Waals surface area contributed by atoms with Crippen molar-refractivity contribution in [1.29, 1.82) is 0 Å². The highest BCUT2D eigenvalue weighted by Crippen LogP contribution is 2.47. The Labute approximate surface area is 354 Å². The van der Waals surface area contributed by atoms with Crippen LogP contribution in [0.4, 0.5) is 0 Å². The van der Waals surface area contributed by atoms with E-state index in [4.69, 9.17) is 18.9 Å². The van der Waals surface area contributed by atoms with Crippen LogP contribution in [-0.4, -0.2) is 50.3 Å². The van der Waals surface area contributed by atoms with Crippen molar-refractivity contribution in [2.75, 3.05) is 26.4 Å². The lowest BCUT2D eigenvalue weighted by Gasteiger charge is -2.02. The normalized spacial score (nSPS) is 10.6. The molecule has 0 aliphatic carbocycles. The van der Waals surface area contributed by atoms with Crippen LogP contribution in [-0.2, 0) is 28.5 Å². The molecule has 0 aromatic carbocycles. The Bertz CT molecular complexity index is 2120. The summed E-state index contributed by atoms with van der Waals surface area (Å²) in [5.74, 6) is 11.8. The van der Waals surface area contributed by atoms with Gasteiger partial charge in [-0.3, -0.25) is 9.59 Å². The predicted molar refractivity (Wildman–Crippen MR) is 233 cm³/mol. The average Bonchev–Trinajstić information content (AvgIpc) is 4.04. The van der Waals surface area contributed by atoms with Crippen LogP contribution in [0.15, 0.2) is 48.5 Å². The van der Waals surface area contributed by atoms with Gasteiger partial charge in [-0.1, -0.05) is 23.7 Å². The quantitative estimate of drug-likeness (QED) is 0.0371. The van der Waals surface area contributed by atoms with E-state index >= 15 is 0 Å². The highest BCUT2D eigenvalue weighted by molar-refractivity contribution is 7.25. The number of rotatable bonds is 18. The van der Waals surface area contributed by atoms with Crippen LogP contribution in [0.3, 0.4) is 0 Å². The summed E-state index contributed by atoms with van der Waals surface area (Å²) in [5.41, 5.74) is 1.56. The summed E-state index contributed by atoms with van der Waals surface area (Å²) in [4.78, 5) is 58.2. The van der Waals surface area contributed by atoms with Crippen molar-refractivity contribution < 1.29 is 38.1 Å². The zero-order valence-corrected chi connectivity index (χ0v) is 36.5. The van der Waals surface area contributed by atoms with E-state index in [1.807, 2.05) is 48.5 Å². The maximum Gasteiger partial charge on any atom is 0.348 e. The van der Waals surface area contributed by atoms with Gasteiger partial charge in [0, 0.05) is 66.1 Å². The molecule has 8 nitrogen and oxygen atoms in total. The fraction of sp³-hybridized carbons (Fsp3) is 0.364. The SMILES string of the molecule is CCOC(=O)CCCCC#Cc1ccc(-c2cc(-c3ccc(-c4cc(-c5ccc(C#CCCCCC(=O)OCC)s5)sc4C(=O)OCC)s3)c(C(=O)OCC)s2)s1. The molecule has 0 amide bonds. The fourth-order valence-corrected chi connectivity index (χ4v) is 10.8. The maximum absolute atomic E-state index is 13.3. The molecule has 298 valence electrons. The molecule has 5 aromatic rings. The van der Waals surface area contributed by atoms with Crippen LogP contribution < -0.4 is 0 Å². The molecule has 0 aliphatic rings. The monoisotopic (exact) mass is 860 g/mol. The van der Waals surface area contributed by atoms with Crippen LogP contribution in [0.5, 0.6) is 0 Å². The van der Waals surface area contributed by atoms with Gasteiger partial charge in [-0.25, -0.2) is 9.59 Å². The summed E-state index contributed by atoms with van der Waals surface area (Å²) < 4.78 is 20.9. The first-order valence-corrected chi connectivity index (χ1v) is 23.0. The van der Waals surface area contributed by atoms with Gasteiger partial charge in [0.1, 0.15) is 9.75 Å². The molecule has 57 heavy (non-hydrogen) atoms. The van der Waals surface area contributed by atoms with Gasteiger partial charge in [0.2, 0.25) is 0 Å². The first-order valence-electron chi connectivity index (χ1n) is 19.0. The molecule has 5 rings (SSSR count). The second-order valence-corrected chi connectivity index (χ2v) is 17.6. The number of esters is 4. The van der Waals surface area contributed by atoms with Crippen molar-refractivity contribution >= 4 is 80.6 Å². The number of unbranched alkanes of at least 4 members (excludes halogenated alkanes) is 4. The molecule has 5 heterocycles. The van der Waals surface area contributed by atoms with E-state index in [1.165, 1.54) is 34.0 Å². The number of carbonyl (C=O) groups excluding carboxylic acids is 4. The second kappa shape index (κ2) is 22.4. The first-order chi connectivity index (χ1) is 27.7. The van der Waals surface area contributed by atoms with E-state index in [2.05, 4.69) is 23.7 Å². The average molecular weight is 861 g/mol. The number of hydrogen-bond acceptors (Lipinski definition) is 13. The summed E-state index contributed by atoms with van der Waals surface area (Å²) in [5, 5.41) is 0. The molecule has 13 heteroatoms. The fourth-order valence-electron chi connectivity index (χ4n) is 5.52. The molecule has 0 aliphatic heterocycles. The minimum atomic E-state index is -0.378. The Balaban J connectivity index is 1.34. The lowest BCUT2D eigenvalue weighted by atomic mass is 10.1. The van der Waals surface area contributed by atoms with Crippen molar-refractivity contribution in [3.8, 4) is 64.1 Å². The number of hydrogen-bond donors (Lipinski definition) is 0. The van der Waals surface area contributed by atoms with Gasteiger partial charge in [0.25, 0.3) is 0 Å². The smallest absolute Gasteiger partial charge is 0.348 e. The third kappa shape index (κ3) is 12.5. The van der Waals surface area contributed by atoms with E-state index in [-0.39, 0.29) is 37.1 Å². The van der Waals surface area contributed by atoms with Gasteiger partial charge >= 0.3 is 23.9 Å². The molecule has 0 spiro atoms. The molecule has 0 saturated heterocycles. The van der Waals surface area contributed by atoms with Crippen molar-refractivity contribution in [2.24, 2.45) is 0 Å². The van der Waals surface area contributed by atoms with E-state index in [0.29, 0.717) is 48.7 Å². The number of carbonyl (C=O) groups is 4. The van der Waals surface area contributed by atoms with Gasteiger partial charge in [-0.15, -0.1) is 56.7 Å². The van der Waals surface area contributed by atoms with Gasteiger partial charge in [0.15, 0.2) is 0 Å². The lowest BCUT2D eigenvalue weighted by Crippen LogP contribution is -2.03. The molecular formula is C44H44O8S5. The topological polar surface area (TPSA) is 105 Å². The molecule has 0 atom stereocenters. The Hall–Kier alpha value is -4.50. The summed E-state index contributed by atoms with van der Waals surface area (Å²) in [6, 6.07) is 16.1. The molecule has 5 aromatic heterocycles. The molecule has 0 unspecified atom stereocenters. The van der Waals surface area contributed by atoms with Crippen molar-refractivity contribution in [3.63, 3.8) is 0 Å². The summed E-state index contributed by atoms with van der Waals surface area (Å²) in [7, 11) is 0. The largest absolute Gasteiger partial charge is 0.466 e. The Morgan fingerprint density at radius 1 is 0.474 bits per heavy atom. The van der Waals surface area contributed by atoms with E-state index in [0.717, 1.165) is 75.8 Å². The van der Waals surface area contributed by atoms with Gasteiger partial charge in [0.05, 0.1) is 36.2 Å². The number of ether oxygens (including phenoxy) is 4. The standard InChI is InChI=1S/C44H44O8S5/c1-5-49-39(45)19-15-11-9-13-17-29-21-23-35(53-29)37-27-31(41(56-37)43(47)51-7-3)33-25-26-34(55-33)32-28-38(57-42(32)44(48)52-8-4)36-24-22-30(54-36)18-14-10-12-16-20-40(46)50-6-2/h21-28H,5-12,15-16,19-20H2,1-4H3. The van der Waals surface area contributed by atoms with Gasteiger partial charge < -0.3 is 18.9 Å². The second-order valence-electron chi connectivity index (χ2n) is 12.3. The molecule has 0 saturated carbocycles. The minimum Gasteiger partial charge on any atom is -0.466 e. The van der Waals surface area contributed by atoms with Crippen LogP contribution >= 0.6 is 56.7 Å². The van der Waals surface area contributed by atoms with Crippen LogP contribution in [0.1, 0.15) is 108 Å².